The SMILES string of the molecule is Cc1ncc(C(=O)N2CCN(C(=O)c3ccco3)CC2)c(C)n1. The van der Waals surface area contributed by atoms with Gasteiger partial charge in [-0.2, -0.15) is 0 Å². The average Bonchev–Trinajstić information content (AvgIpc) is 3.08. The van der Waals surface area contributed by atoms with E-state index >= 15 is 0 Å². The van der Waals surface area contributed by atoms with Gasteiger partial charge < -0.3 is 14.2 Å². The van der Waals surface area contributed by atoms with Gasteiger partial charge in [-0.3, -0.25) is 9.59 Å². The molecule has 1 aliphatic heterocycles. The zero-order valence-electron chi connectivity index (χ0n) is 13.2. The Labute approximate surface area is 133 Å². The summed E-state index contributed by atoms with van der Waals surface area (Å²) in [6, 6.07) is 3.33. The second-order valence-corrected chi connectivity index (χ2v) is 5.48. The number of piperazine rings is 1. The smallest absolute Gasteiger partial charge is 0.289 e. The van der Waals surface area contributed by atoms with E-state index in [4.69, 9.17) is 4.42 Å². The molecule has 3 heterocycles. The highest BCUT2D eigenvalue weighted by Gasteiger charge is 2.27. The molecule has 2 aromatic rings. The van der Waals surface area contributed by atoms with E-state index < -0.39 is 0 Å². The first-order chi connectivity index (χ1) is 11.1. The van der Waals surface area contributed by atoms with Crippen LogP contribution in [0.3, 0.4) is 0 Å². The Hall–Kier alpha value is -2.70. The van der Waals surface area contributed by atoms with Gasteiger partial charge in [-0.15, -0.1) is 0 Å². The van der Waals surface area contributed by atoms with Gasteiger partial charge in [-0.1, -0.05) is 0 Å². The number of rotatable bonds is 2. The van der Waals surface area contributed by atoms with E-state index in [1.165, 1.54) is 6.26 Å². The third-order valence-electron chi connectivity index (χ3n) is 3.92. The van der Waals surface area contributed by atoms with E-state index in [-0.39, 0.29) is 11.8 Å². The van der Waals surface area contributed by atoms with Crippen LogP contribution in [0, 0.1) is 13.8 Å². The summed E-state index contributed by atoms with van der Waals surface area (Å²) < 4.78 is 5.13. The summed E-state index contributed by atoms with van der Waals surface area (Å²) in [4.78, 5) is 36.5. The fourth-order valence-electron chi connectivity index (χ4n) is 2.63. The highest BCUT2D eigenvalue weighted by molar-refractivity contribution is 5.95. The second-order valence-electron chi connectivity index (χ2n) is 5.48. The number of carbonyl (C=O) groups excluding carboxylic acids is 2. The van der Waals surface area contributed by atoms with Gasteiger partial charge in [0, 0.05) is 32.4 Å². The predicted octanol–water partition coefficient (Wildman–Crippen LogP) is 1.28. The molecule has 0 saturated carbocycles. The van der Waals surface area contributed by atoms with Crippen LogP contribution in [0.1, 0.15) is 32.4 Å². The lowest BCUT2D eigenvalue weighted by Crippen LogP contribution is -2.50. The third-order valence-corrected chi connectivity index (χ3v) is 3.92. The summed E-state index contributed by atoms with van der Waals surface area (Å²) in [5.74, 6) is 0.741. The zero-order valence-corrected chi connectivity index (χ0v) is 13.2. The van der Waals surface area contributed by atoms with E-state index in [0.29, 0.717) is 49.0 Å². The van der Waals surface area contributed by atoms with E-state index in [9.17, 15) is 9.59 Å². The fraction of sp³-hybridized carbons (Fsp3) is 0.375. The van der Waals surface area contributed by atoms with Gasteiger partial charge in [0.15, 0.2) is 5.76 Å². The number of carbonyl (C=O) groups is 2. The summed E-state index contributed by atoms with van der Waals surface area (Å²) in [6.07, 6.45) is 3.05. The van der Waals surface area contributed by atoms with Crippen molar-refractivity contribution in [2.45, 2.75) is 13.8 Å². The predicted molar refractivity (Wildman–Crippen MR) is 82.0 cm³/mol. The molecule has 1 fully saturated rings. The number of nitrogens with zero attached hydrogens (tertiary/aromatic N) is 4. The lowest BCUT2D eigenvalue weighted by atomic mass is 10.2. The van der Waals surface area contributed by atoms with E-state index in [0.717, 1.165) is 0 Å². The minimum Gasteiger partial charge on any atom is -0.459 e. The van der Waals surface area contributed by atoms with Crippen molar-refractivity contribution in [1.82, 2.24) is 19.8 Å². The van der Waals surface area contributed by atoms with Crippen LogP contribution in [0.2, 0.25) is 0 Å². The second kappa shape index (κ2) is 6.20. The molecule has 0 aliphatic carbocycles. The number of hydrogen-bond donors (Lipinski definition) is 0. The van der Waals surface area contributed by atoms with Gasteiger partial charge in [0.25, 0.3) is 11.8 Å². The van der Waals surface area contributed by atoms with Crippen LogP contribution in [-0.4, -0.2) is 57.8 Å². The van der Waals surface area contributed by atoms with Crippen molar-refractivity contribution in [3.05, 3.63) is 47.4 Å². The van der Waals surface area contributed by atoms with Crippen LogP contribution in [0.15, 0.2) is 29.0 Å². The standard InChI is InChI=1S/C16H18N4O3/c1-11-13(10-17-12(2)18-11)15(21)19-5-7-20(8-6-19)16(22)14-4-3-9-23-14/h3-4,9-10H,5-8H2,1-2H3. The molecule has 0 atom stereocenters. The topological polar surface area (TPSA) is 79.5 Å². The molecule has 0 spiro atoms. The lowest BCUT2D eigenvalue weighted by molar-refractivity contribution is 0.0517. The van der Waals surface area contributed by atoms with Crippen molar-refractivity contribution in [3.63, 3.8) is 0 Å². The Bertz CT molecular complexity index is 719. The Morgan fingerprint density at radius 2 is 1.74 bits per heavy atom. The maximum atomic E-state index is 12.6. The van der Waals surface area contributed by atoms with Gasteiger partial charge >= 0.3 is 0 Å². The molecule has 23 heavy (non-hydrogen) atoms. The van der Waals surface area contributed by atoms with E-state index in [1.54, 1.807) is 42.0 Å². The molecular weight excluding hydrogens is 296 g/mol. The summed E-state index contributed by atoms with van der Waals surface area (Å²) >= 11 is 0. The quantitative estimate of drug-likeness (QED) is 0.834. The summed E-state index contributed by atoms with van der Waals surface area (Å²) in [7, 11) is 0. The molecule has 2 aromatic heterocycles. The zero-order chi connectivity index (χ0) is 16.4. The average molecular weight is 314 g/mol. The van der Waals surface area contributed by atoms with E-state index in [1.807, 2.05) is 0 Å². The first-order valence-electron chi connectivity index (χ1n) is 7.48. The maximum Gasteiger partial charge on any atom is 0.289 e. The van der Waals surface area contributed by atoms with Crippen molar-refractivity contribution in [1.29, 1.82) is 0 Å². The molecule has 0 aromatic carbocycles. The van der Waals surface area contributed by atoms with Gasteiger partial charge in [0.05, 0.1) is 17.5 Å². The van der Waals surface area contributed by atoms with Crippen molar-refractivity contribution in [3.8, 4) is 0 Å². The lowest BCUT2D eigenvalue weighted by Gasteiger charge is -2.34. The highest BCUT2D eigenvalue weighted by Crippen LogP contribution is 2.13. The molecule has 7 nitrogen and oxygen atoms in total. The number of hydrogen-bond acceptors (Lipinski definition) is 5. The van der Waals surface area contributed by atoms with Gasteiger partial charge in [0.2, 0.25) is 0 Å². The van der Waals surface area contributed by atoms with Gasteiger partial charge in [0.1, 0.15) is 5.82 Å². The van der Waals surface area contributed by atoms with Crippen molar-refractivity contribution in [2.75, 3.05) is 26.2 Å². The molecule has 3 rings (SSSR count). The summed E-state index contributed by atoms with van der Waals surface area (Å²) in [5, 5.41) is 0. The monoisotopic (exact) mass is 314 g/mol. The van der Waals surface area contributed by atoms with Crippen molar-refractivity contribution >= 4 is 11.8 Å². The van der Waals surface area contributed by atoms with Crippen LogP contribution >= 0.6 is 0 Å². The van der Waals surface area contributed by atoms with Crippen LogP contribution in [-0.2, 0) is 0 Å². The van der Waals surface area contributed by atoms with Crippen molar-refractivity contribution in [2.24, 2.45) is 0 Å². The number of amides is 2. The molecule has 1 aliphatic rings. The Morgan fingerprint density at radius 3 is 2.30 bits per heavy atom. The van der Waals surface area contributed by atoms with E-state index in [2.05, 4.69) is 9.97 Å². The molecule has 0 N–H and O–H groups in total. The normalized spacial score (nSPS) is 14.9. The Balaban J connectivity index is 1.64. The number of furan rings is 1. The molecule has 2 amide bonds. The van der Waals surface area contributed by atoms with Crippen LogP contribution in [0.25, 0.3) is 0 Å². The molecule has 0 bridgehead atoms. The third kappa shape index (κ3) is 3.08. The number of aromatic nitrogens is 2. The minimum absolute atomic E-state index is 0.0902. The molecular formula is C16H18N4O3. The minimum atomic E-state index is -0.142. The molecule has 120 valence electrons. The first kappa shape index (κ1) is 15.2. The molecule has 7 heteroatoms. The first-order valence-corrected chi connectivity index (χ1v) is 7.48. The van der Waals surface area contributed by atoms with Crippen LogP contribution < -0.4 is 0 Å². The number of aryl methyl sites for hydroxylation is 2. The molecule has 1 saturated heterocycles. The molecule has 0 radical (unpaired) electrons. The Kier molecular flexibility index (Phi) is 4.10. The largest absolute Gasteiger partial charge is 0.459 e. The summed E-state index contributed by atoms with van der Waals surface area (Å²) in [6.45, 7) is 5.53. The fourth-order valence-corrected chi connectivity index (χ4v) is 2.63. The van der Waals surface area contributed by atoms with Gasteiger partial charge in [-0.25, -0.2) is 9.97 Å². The van der Waals surface area contributed by atoms with Crippen molar-refractivity contribution < 1.29 is 14.0 Å². The van der Waals surface area contributed by atoms with Gasteiger partial charge in [-0.05, 0) is 26.0 Å². The highest BCUT2D eigenvalue weighted by atomic mass is 16.3. The van der Waals surface area contributed by atoms with Crippen LogP contribution in [0.4, 0.5) is 0 Å². The summed E-state index contributed by atoms with van der Waals surface area (Å²) in [5.41, 5.74) is 1.19. The molecule has 0 unspecified atom stereocenters. The maximum absolute atomic E-state index is 12.6. The Morgan fingerprint density at radius 1 is 1.09 bits per heavy atom. The van der Waals surface area contributed by atoms with Crippen LogP contribution in [0.5, 0.6) is 0 Å².